The average molecular weight is 510 g/mol. The lowest BCUT2D eigenvalue weighted by molar-refractivity contribution is -0.138. The fraction of sp³-hybridized carbons (Fsp3) is 0.308. The minimum atomic E-state index is -4.56. The molecule has 3 aromatic rings. The quantitative estimate of drug-likeness (QED) is 0.510. The van der Waals surface area contributed by atoms with Crippen molar-refractivity contribution in [2.75, 3.05) is 38.2 Å². The maximum absolute atomic E-state index is 13.9. The second-order valence-electron chi connectivity index (χ2n) is 9.02. The van der Waals surface area contributed by atoms with Crippen LogP contribution in [0.5, 0.6) is 0 Å². The average Bonchev–Trinajstić information content (AvgIpc) is 3.33. The predicted molar refractivity (Wildman–Crippen MR) is 133 cm³/mol. The number of hydrogen-bond donors (Lipinski definition) is 2. The minimum Gasteiger partial charge on any atom is -0.382 e. The highest BCUT2D eigenvalue weighted by Gasteiger charge is 2.35. The second-order valence-corrected chi connectivity index (χ2v) is 9.02. The van der Waals surface area contributed by atoms with Crippen LogP contribution in [-0.4, -0.2) is 64.1 Å². The molecule has 1 aliphatic heterocycles. The zero-order chi connectivity index (χ0) is 26.6. The Labute approximate surface area is 212 Å². The third-order valence-electron chi connectivity index (χ3n) is 6.07. The molecular formula is C26H26F3N7O. The number of nitrogens with two attached hydrogens (primary N) is 1. The van der Waals surface area contributed by atoms with Crippen molar-refractivity contribution in [1.29, 1.82) is 0 Å². The van der Waals surface area contributed by atoms with Crippen LogP contribution >= 0.6 is 0 Å². The second kappa shape index (κ2) is 10.9. The van der Waals surface area contributed by atoms with Crippen molar-refractivity contribution < 1.29 is 18.0 Å². The third kappa shape index (κ3) is 6.81. The van der Waals surface area contributed by atoms with Crippen molar-refractivity contribution in [3.63, 3.8) is 0 Å². The van der Waals surface area contributed by atoms with E-state index in [2.05, 4.69) is 37.2 Å². The van der Waals surface area contributed by atoms with E-state index < -0.39 is 17.6 Å². The molecule has 3 N–H and O–H groups in total. The molecule has 1 aromatic carbocycles. The van der Waals surface area contributed by atoms with E-state index in [4.69, 9.17) is 5.73 Å². The number of aromatic nitrogens is 3. The number of carbonyl (C=O) groups is 1. The Bertz CT molecular complexity index is 1330. The number of nitrogens with one attached hydrogen (secondary N) is 1. The highest BCUT2D eigenvalue weighted by atomic mass is 19.4. The van der Waals surface area contributed by atoms with Gasteiger partial charge in [-0.3, -0.25) is 14.7 Å². The van der Waals surface area contributed by atoms with Crippen LogP contribution in [0.4, 0.5) is 24.7 Å². The van der Waals surface area contributed by atoms with Crippen LogP contribution in [-0.2, 0) is 12.7 Å². The van der Waals surface area contributed by atoms with E-state index in [0.717, 1.165) is 19.0 Å². The van der Waals surface area contributed by atoms with Gasteiger partial charge in [0.1, 0.15) is 11.5 Å². The summed E-state index contributed by atoms with van der Waals surface area (Å²) in [5.74, 6) is 5.28. The first-order valence-corrected chi connectivity index (χ1v) is 11.5. The first-order valence-electron chi connectivity index (χ1n) is 11.5. The van der Waals surface area contributed by atoms with Crippen LogP contribution in [0.3, 0.4) is 0 Å². The van der Waals surface area contributed by atoms with Gasteiger partial charge in [0.15, 0.2) is 0 Å². The summed E-state index contributed by atoms with van der Waals surface area (Å²) in [4.78, 5) is 20.9. The molecule has 1 atom stereocenters. The summed E-state index contributed by atoms with van der Waals surface area (Å²) < 4.78 is 41.7. The highest BCUT2D eigenvalue weighted by molar-refractivity contribution is 6.04. The number of amides is 1. The van der Waals surface area contributed by atoms with Crippen molar-refractivity contribution in [2.24, 2.45) is 0 Å². The zero-order valence-electron chi connectivity index (χ0n) is 20.4. The number of alkyl halides is 3. The van der Waals surface area contributed by atoms with E-state index in [-0.39, 0.29) is 29.2 Å². The molecule has 192 valence electrons. The van der Waals surface area contributed by atoms with Gasteiger partial charge in [0, 0.05) is 49.3 Å². The first kappa shape index (κ1) is 26.1. The van der Waals surface area contributed by atoms with E-state index in [9.17, 15) is 18.0 Å². The van der Waals surface area contributed by atoms with Gasteiger partial charge >= 0.3 is 6.18 Å². The van der Waals surface area contributed by atoms with Gasteiger partial charge in [0.2, 0.25) is 0 Å². The summed E-state index contributed by atoms with van der Waals surface area (Å²) in [6, 6.07) is 8.86. The van der Waals surface area contributed by atoms with Crippen molar-refractivity contribution in [3.05, 3.63) is 76.7 Å². The number of likely N-dealkylation sites (tertiary alicyclic amines) is 1. The van der Waals surface area contributed by atoms with Gasteiger partial charge < -0.3 is 16.0 Å². The molecule has 2 aromatic heterocycles. The molecule has 4 rings (SSSR count). The van der Waals surface area contributed by atoms with Crippen LogP contribution in [0.2, 0.25) is 0 Å². The Balaban J connectivity index is 1.49. The molecule has 0 unspecified atom stereocenters. The SMILES string of the molecule is CN(C)[C@H]1CCN(Cc2ccc(NC(=O)c3cncc(C#Cc4ccc(N)nn4)c3)cc2C(F)(F)F)C1. The first-order chi connectivity index (χ1) is 17.6. The normalized spacial score (nSPS) is 15.9. The Morgan fingerprint density at radius 1 is 1.16 bits per heavy atom. The number of hydrogen-bond acceptors (Lipinski definition) is 7. The number of nitrogens with zero attached hydrogens (tertiary/aromatic N) is 5. The molecule has 1 amide bonds. The highest BCUT2D eigenvalue weighted by Crippen LogP contribution is 2.35. The van der Waals surface area contributed by atoms with E-state index in [1.807, 2.05) is 19.0 Å². The van der Waals surface area contributed by atoms with E-state index >= 15 is 0 Å². The number of rotatable bonds is 5. The van der Waals surface area contributed by atoms with Gasteiger partial charge in [0.05, 0.1) is 11.1 Å². The molecule has 0 radical (unpaired) electrons. The number of nitrogen functional groups attached to an aromatic ring is 1. The Hall–Kier alpha value is -4.01. The topological polar surface area (TPSA) is 100 Å². The summed E-state index contributed by atoms with van der Waals surface area (Å²) in [6.45, 7) is 1.63. The maximum Gasteiger partial charge on any atom is 0.416 e. The van der Waals surface area contributed by atoms with Crippen LogP contribution in [0.15, 0.2) is 48.8 Å². The van der Waals surface area contributed by atoms with Crippen LogP contribution in [0.25, 0.3) is 0 Å². The van der Waals surface area contributed by atoms with Gasteiger partial charge in [-0.2, -0.15) is 13.2 Å². The predicted octanol–water partition coefficient (Wildman–Crippen LogP) is 3.26. The number of anilines is 2. The monoisotopic (exact) mass is 509 g/mol. The molecule has 1 aliphatic rings. The van der Waals surface area contributed by atoms with Crippen molar-refractivity contribution in [3.8, 4) is 11.8 Å². The smallest absolute Gasteiger partial charge is 0.382 e. The summed E-state index contributed by atoms with van der Waals surface area (Å²) in [6.07, 6.45) is -0.868. The summed E-state index contributed by atoms with van der Waals surface area (Å²) in [7, 11) is 3.94. The Kier molecular flexibility index (Phi) is 7.71. The lowest BCUT2D eigenvalue weighted by Crippen LogP contribution is -2.31. The number of likely N-dealkylation sites (N-methyl/N-ethyl adjacent to an activating group) is 1. The molecular weight excluding hydrogens is 483 g/mol. The zero-order valence-corrected chi connectivity index (χ0v) is 20.4. The Morgan fingerprint density at radius 2 is 1.97 bits per heavy atom. The molecule has 1 saturated heterocycles. The Morgan fingerprint density at radius 3 is 2.65 bits per heavy atom. The van der Waals surface area contributed by atoms with Gasteiger partial charge in [-0.1, -0.05) is 12.0 Å². The molecule has 0 bridgehead atoms. The molecule has 0 aliphatic carbocycles. The summed E-state index contributed by atoms with van der Waals surface area (Å²) in [5, 5.41) is 10.1. The molecule has 37 heavy (non-hydrogen) atoms. The van der Waals surface area contributed by atoms with Crippen LogP contribution < -0.4 is 11.1 Å². The molecule has 0 saturated carbocycles. The van der Waals surface area contributed by atoms with Crippen molar-refractivity contribution >= 4 is 17.4 Å². The van der Waals surface area contributed by atoms with Crippen molar-refractivity contribution in [2.45, 2.75) is 25.2 Å². The lowest BCUT2D eigenvalue weighted by Gasteiger charge is -2.22. The van der Waals surface area contributed by atoms with Gasteiger partial charge in [0.25, 0.3) is 5.91 Å². The molecule has 0 spiro atoms. The van der Waals surface area contributed by atoms with E-state index in [1.165, 1.54) is 30.6 Å². The van der Waals surface area contributed by atoms with Crippen LogP contribution in [0, 0.1) is 11.8 Å². The van der Waals surface area contributed by atoms with Gasteiger partial charge in [-0.25, -0.2) is 0 Å². The standard InChI is InChI=1S/C26H26F3N7O/c1-35(2)22-9-10-36(16-22)15-18-4-6-21(12-23(18)26(27,28)29)32-25(37)19-11-17(13-31-14-19)3-5-20-7-8-24(30)34-33-20/h4,6-8,11-14,22H,9-10,15-16H2,1-2H3,(H2,30,34)(H,32,37)/t22-/m0/s1. The molecule has 1 fully saturated rings. The van der Waals surface area contributed by atoms with Gasteiger partial charge in [-0.15, -0.1) is 10.2 Å². The van der Waals surface area contributed by atoms with Gasteiger partial charge in [-0.05, 0) is 62.3 Å². The number of halogens is 3. The van der Waals surface area contributed by atoms with E-state index in [1.54, 1.807) is 12.1 Å². The fourth-order valence-electron chi connectivity index (χ4n) is 4.06. The summed E-state index contributed by atoms with van der Waals surface area (Å²) >= 11 is 0. The number of carbonyl (C=O) groups excluding carboxylic acids is 1. The maximum atomic E-state index is 13.9. The van der Waals surface area contributed by atoms with Crippen molar-refractivity contribution in [1.82, 2.24) is 25.0 Å². The molecule has 8 nitrogen and oxygen atoms in total. The molecule has 3 heterocycles. The lowest BCUT2D eigenvalue weighted by atomic mass is 10.0. The largest absolute Gasteiger partial charge is 0.416 e. The number of pyridine rings is 1. The third-order valence-corrected chi connectivity index (χ3v) is 6.07. The van der Waals surface area contributed by atoms with Crippen LogP contribution in [0.1, 0.15) is 39.2 Å². The minimum absolute atomic E-state index is 0.0438. The molecule has 11 heteroatoms. The van der Waals surface area contributed by atoms with E-state index in [0.29, 0.717) is 23.8 Å². The fourth-order valence-corrected chi connectivity index (χ4v) is 4.06. The summed E-state index contributed by atoms with van der Waals surface area (Å²) in [5.41, 5.74) is 5.92. The number of benzene rings is 1.